The predicted molar refractivity (Wildman–Crippen MR) is 67.4 cm³/mol. The minimum Gasteiger partial charge on any atom is -0.343 e. The molecule has 96 valence electrons. The zero-order valence-electron chi connectivity index (χ0n) is 9.23. The summed E-state index contributed by atoms with van der Waals surface area (Å²) in [5, 5.41) is 14.3. The molecule has 1 amide bonds. The Kier molecular flexibility index (Phi) is 3.73. The molecule has 1 aliphatic heterocycles. The summed E-state index contributed by atoms with van der Waals surface area (Å²) >= 11 is 11.7. The topological polar surface area (TPSA) is 72.2 Å². The number of nitrogens with zero attached hydrogens (tertiary/aromatic N) is 1. The van der Waals surface area contributed by atoms with Crippen LogP contribution in [0.1, 0.15) is 24.4 Å². The quantitative estimate of drug-likeness (QED) is 0.671. The van der Waals surface area contributed by atoms with E-state index in [-0.39, 0.29) is 23.7 Å². The van der Waals surface area contributed by atoms with Gasteiger partial charge in [-0.2, -0.15) is 0 Å². The first-order valence-corrected chi connectivity index (χ1v) is 6.12. The molecule has 0 bridgehead atoms. The maximum absolute atomic E-state index is 11.4. The Bertz CT molecular complexity index is 507. The molecule has 5 nitrogen and oxygen atoms in total. The molecule has 0 spiro atoms. The number of benzene rings is 1. The number of nitrogens with one attached hydrogen (secondary N) is 1. The molecule has 1 saturated heterocycles. The van der Waals surface area contributed by atoms with E-state index in [4.69, 9.17) is 23.2 Å². The van der Waals surface area contributed by atoms with E-state index in [2.05, 4.69) is 5.32 Å². The van der Waals surface area contributed by atoms with Gasteiger partial charge in [-0.1, -0.05) is 29.3 Å². The van der Waals surface area contributed by atoms with Gasteiger partial charge in [0, 0.05) is 17.8 Å². The molecule has 1 aromatic carbocycles. The van der Waals surface area contributed by atoms with E-state index >= 15 is 0 Å². The number of rotatable bonds is 2. The number of nitro groups is 1. The van der Waals surface area contributed by atoms with Crippen molar-refractivity contribution in [2.75, 3.05) is 0 Å². The molecule has 1 fully saturated rings. The highest BCUT2D eigenvalue weighted by molar-refractivity contribution is 6.42. The van der Waals surface area contributed by atoms with E-state index in [0.29, 0.717) is 15.6 Å². The minimum absolute atomic E-state index is 0.170. The van der Waals surface area contributed by atoms with Crippen LogP contribution in [0.4, 0.5) is 0 Å². The lowest BCUT2D eigenvalue weighted by atomic mass is 9.92. The molecule has 1 heterocycles. The average Bonchev–Trinajstić information content (AvgIpc) is 2.32. The van der Waals surface area contributed by atoms with Crippen LogP contribution in [0.15, 0.2) is 18.2 Å². The van der Waals surface area contributed by atoms with Crippen molar-refractivity contribution in [3.63, 3.8) is 0 Å². The standard InChI is InChI=1S/C11H10Cl2N2O3/c12-7-2-1-6(5-8(7)13)11-9(15(17)18)3-4-10(16)14-11/h1-2,5,9,11H,3-4H2,(H,14,16)/t9-,11-/m1/s1. The van der Waals surface area contributed by atoms with Crippen LogP contribution >= 0.6 is 23.2 Å². The van der Waals surface area contributed by atoms with Crippen molar-refractivity contribution in [1.82, 2.24) is 5.32 Å². The van der Waals surface area contributed by atoms with Crippen molar-refractivity contribution in [3.8, 4) is 0 Å². The lowest BCUT2D eigenvalue weighted by molar-refractivity contribution is -0.529. The molecule has 18 heavy (non-hydrogen) atoms. The normalized spacial score (nSPS) is 23.6. The van der Waals surface area contributed by atoms with Gasteiger partial charge in [-0.3, -0.25) is 14.9 Å². The number of carbonyl (C=O) groups is 1. The average molecular weight is 289 g/mol. The van der Waals surface area contributed by atoms with Crippen LogP contribution < -0.4 is 5.32 Å². The van der Waals surface area contributed by atoms with E-state index in [1.807, 2.05) is 0 Å². The van der Waals surface area contributed by atoms with Crippen molar-refractivity contribution in [1.29, 1.82) is 0 Å². The lowest BCUT2D eigenvalue weighted by Crippen LogP contribution is -2.45. The molecule has 2 atom stereocenters. The van der Waals surface area contributed by atoms with E-state index in [0.717, 1.165) is 0 Å². The highest BCUT2D eigenvalue weighted by Gasteiger charge is 2.38. The number of halogens is 2. The van der Waals surface area contributed by atoms with Crippen LogP contribution in [-0.4, -0.2) is 16.9 Å². The summed E-state index contributed by atoms with van der Waals surface area (Å²) in [5.41, 5.74) is 0.596. The SMILES string of the molecule is O=C1CC[C@@H]([N+](=O)[O-])[C@@H](c2ccc(Cl)c(Cl)c2)N1. The first-order valence-electron chi connectivity index (χ1n) is 5.37. The largest absolute Gasteiger partial charge is 0.343 e. The third kappa shape index (κ3) is 2.57. The fraction of sp³-hybridized carbons (Fsp3) is 0.364. The van der Waals surface area contributed by atoms with Crippen molar-refractivity contribution in [2.24, 2.45) is 0 Å². The van der Waals surface area contributed by atoms with E-state index in [9.17, 15) is 14.9 Å². The number of piperidine rings is 1. The monoisotopic (exact) mass is 288 g/mol. The predicted octanol–water partition coefficient (Wildman–Crippen LogP) is 2.59. The van der Waals surface area contributed by atoms with Crippen LogP contribution in [0.5, 0.6) is 0 Å². The summed E-state index contributed by atoms with van der Waals surface area (Å²) in [5.74, 6) is -0.191. The van der Waals surface area contributed by atoms with Gasteiger partial charge in [0.05, 0.1) is 10.0 Å². The third-order valence-corrected chi connectivity index (χ3v) is 3.68. The number of hydrogen-bond donors (Lipinski definition) is 1. The molecule has 0 unspecified atom stereocenters. The molecular weight excluding hydrogens is 279 g/mol. The van der Waals surface area contributed by atoms with Crippen molar-refractivity contribution < 1.29 is 9.72 Å². The number of carbonyl (C=O) groups excluding carboxylic acids is 1. The highest BCUT2D eigenvalue weighted by atomic mass is 35.5. The summed E-state index contributed by atoms with van der Waals surface area (Å²) in [6.07, 6.45) is 0.396. The molecular formula is C11H10Cl2N2O3. The second-order valence-corrected chi connectivity index (χ2v) is 4.92. The molecule has 0 radical (unpaired) electrons. The van der Waals surface area contributed by atoms with Gasteiger partial charge in [-0.05, 0) is 17.7 Å². The van der Waals surface area contributed by atoms with Gasteiger partial charge in [-0.15, -0.1) is 0 Å². The first-order chi connectivity index (χ1) is 8.49. The summed E-state index contributed by atoms with van der Waals surface area (Å²) in [6, 6.07) is 3.27. The first kappa shape index (κ1) is 13.1. The fourth-order valence-corrected chi connectivity index (χ4v) is 2.33. The lowest BCUT2D eigenvalue weighted by Gasteiger charge is -2.26. The molecule has 2 rings (SSSR count). The Morgan fingerprint density at radius 3 is 2.67 bits per heavy atom. The van der Waals surface area contributed by atoms with E-state index in [1.54, 1.807) is 18.2 Å². The van der Waals surface area contributed by atoms with E-state index in [1.165, 1.54) is 0 Å². The van der Waals surface area contributed by atoms with Gasteiger partial charge in [-0.25, -0.2) is 0 Å². The zero-order chi connectivity index (χ0) is 13.3. The maximum atomic E-state index is 11.4. The summed E-state index contributed by atoms with van der Waals surface area (Å²) in [4.78, 5) is 22.0. The molecule has 1 aromatic rings. The minimum atomic E-state index is -0.833. The highest BCUT2D eigenvalue weighted by Crippen LogP contribution is 2.30. The fourth-order valence-electron chi connectivity index (χ4n) is 2.03. The van der Waals surface area contributed by atoms with Gasteiger partial charge in [0.15, 0.2) is 0 Å². The van der Waals surface area contributed by atoms with Crippen molar-refractivity contribution in [3.05, 3.63) is 43.9 Å². The molecule has 1 N–H and O–H groups in total. The smallest absolute Gasteiger partial charge is 0.237 e. The number of hydrogen-bond acceptors (Lipinski definition) is 3. The Hall–Kier alpha value is -1.33. The molecule has 1 aliphatic rings. The van der Waals surface area contributed by atoms with Crippen LogP contribution in [0.25, 0.3) is 0 Å². The van der Waals surface area contributed by atoms with Gasteiger partial charge in [0.2, 0.25) is 11.9 Å². The van der Waals surface area contributed by atoms with Crippen molar-refractivity contribution >= 4 is 29.1 Å². The molecule has 0 aromatic heterocycles. The molecule has 0 aliphatic carbocycles. The van der Waals surface area contributed by atoms with Gasteiger partial charge in [0.25, 0.3) is 0 Å². The summed E-state index contributed by atoms with van der Waals surface area (Å²) in [6.45, 7) is 0. The van der Waals surface area contributed by atoms with Gasteiger partial charge >= 0.3 is 0 Å². The van der Waals surface area contributed by atoms with Crippen LogP contribution in [0, 0.1) is 10.1 Å². The summed E-state index contributed by atoms with van der Waals surface area (Å²) < 4.78 is 0. The Morgan fingerprint density at radius 1 is 1.33 bits per heavy atom. The number of amides is 1. The summed E-state index contributed by atoms with van der Waals surface area (Å²) in [7, 11) is 0. The second-order valence-electron chi connectivity index (χ2n) is 4.11. The second kappa shape index (κ2) is 5.12. The van der Waals surface area contributed by atoms with Gasteiger partial charge < -0.3 is 5.32 Å². The van der Waals surface area contributed by atoms with E-state index < -0.39 is 12.1 Å². The third-order valence-electron chi connectivity index (χ3n) is 2.94. The maximum Gasteiger partial charge on any atom is 0.237 e. The Morgan fingerprint density at radius 2 is 2.06 bits per heavy atom. The Balaban J connectivity index is 2.34. The molecule has 7 heteroatoms. The Labute approximate surface area is 113 Å². The van der Waals surface area contributed by atoms with Gasteiger partial charge in [0.1, 0.15) is 6.04 Å². The van der Waals surface area contributed by atoms with Crippen LogP contribution in [0.3, 0.4) is 0 Å². The zero-order valence-corrected chi connectivity index (χ0v) is 10.7. The van der Waals surface area contributed by atoms with Crippen LogP contribution in [0.2, 0.25) is 10.0 Å². The molecule has 0 saturated carbocycles. The van der Waals surface area contributed by atoms with Crippen molar-refractivity contribution in [2.45, 2.75) is 24.9 Å². The van der Waals surface area contributed by atoms with Crippen LogP contribution in [-0.2, 0) is 4.79 Å².